The first-order valence-corrected chi connectivity index (χ1v) is 6.46. The molecule has 5 heteroatoms. The average molecular weight is 255 g/mol. The van der Waals surface area contributed by atoms with Crippen LogP contribution in [0, 0.1) is 0 Å². The van der Waals surface area contributed by atoms with Crippen molar-refractivity contribution in [2.45, 2.75) is 25.9 Å². The Morgan fingerprint density at radius 1 is 1.53 bits per heavy atom. The van der Waals surface area contributed by atoms with Crippen molar-refractivity contribution >= 4 is 17.2 Å². The van der Waals surface area contributed by atoms with Crippen molar-refractivity contribution in [2.75, 3.05) is 20.6 Å². The number of hydrogen-bond donors (Lipinski definition) is 2. The van der Waals surface area contributed by atoms with Gasteiger partial charge < -0.3 is 16.0 Å². The molecule has 4 nitrogen and oxygen atoms in total. The second kappa shape index (κ2) is 5.62. The van der Waals surface area contributed by atoms with Crippen LogP contribution in [-0.2, 0) is 6.54 Å². The highest BCUT2D eigenvalue weighted by Gasteiger charge is 2.19. The summed E-state index contributed by atoms with van der Waals surface area (Å²) in [5.74, 6) is -0.360. The third-order valence-corrected chi connectivity index (χ3v) is 3.94. The van der Waals surface area contributed by atoms with Crippen LogP contribution in [0.15, 0.2) is 11.4 Å². The van der Waals surface area contributed by atoms with Gasteiger partial charge in [-0.2, -0.15) is 0 Å². The van der Waals surface area contributed by atoms with Gasteiger partial charge in [0.15, 0.2) is 0 Å². The second-order valence-electron chi connectivity index (χ2n) is 4.98. The lowest BCUT2D eigenvalue weighted by Gasteiger charge is -2.32. The van der Waals surface area contributed by atoms with Crippen molar-refractivity contribution in [3.63, 3.8) is 0 Å². The summed E-state index contributed by atoms with van der Waals surface area (Å²) in [6, 6.07) is 1.85. The summed E-state index contributed by atoms with van der Waals surface area (Å²) in [5, 5.41) is 5.19. The van der Waals surface area contributed by atoms with Crippen molar-refractivity contribution in [3.8, 4) is 0 Å². The van der Waals surface area contributed by atoms with Crippen molar-refractivity contribution in [3.05, 3.63) is 21.9 Å². The highest BCUT2D eigenvalue weighted by molar-refractivity contribution is 7.10. The number of amides is 1. The van der Waals surface area contributed by atoms with E-state index in [4.69, 9.17) is 5.73 Å². The van der Waals surface area contributed by atoms with Gasteiger partial charge in [-0.3, -0.25) is 4.79 Å². The number of likely N-dealkylation sites (N-methyl/N-ethyl adjacent to an activating group) is 1. The molecule has 1 aromatic rings. The zero-order valence-corrected chi connectivity index (χ0v) is 11.7. The van der Waals surface area contributed by atoms with Crippen LogP contribution in [0.4, 0.5) is 0 Å². The fourth-order valence-corrected chi connectivity index (χ4v) is 2.10. The Kier molecular flexibility index (Phi) is 4.68. The fraction of sp³-hybridized carbons (Fsp3) is 0.583. The van der Waals surface area contributed by atoms with E-state index in [1.54, 1.807) is 16.7 Å². The van der Waals surface area contributed by atoms with Gasteiger partial charge in [0.1, 0.15) is 0 Å². The lowest BCUT2D eigenvalue weighted by atomic mass is 10.0. The number of hydrogen-bond acceptors (Lipinski definition) is 4. The SMILES string of the molecule is CN(C)C(C)(C)CNCc1cc(C(N)=O)cs1. The van der Waals surface area contributed by atoms with Gasteiger partial charge in [0.25, 0.3) is 0 Å². The van der Waals surface area contributed by atoms with Crippen LogP contribution >= 0.6 is 11.3 Å². The van der Waals surface area contributed by atoms with E-state index in [9.17, 15) is 4.79 Å². The normalized spacial score (nSPS) is 12.1. The van der Waals surface area contributed by atoms with Crippen LogP contribution < -0.4 is 11.1 Å². The van der Waals surface area contributed by atoms with E-state index in [-0.39, 0.29) is 11.4 Å². The molecule has 1 rings (SSSR count). The van der Waals surface area contributed by atoms with Crippen LogP contribution in [0.1, 0.15) is 29.1 Å². The predicted molar refractivity (Wildman–Crippen MR) is 72.3 cm³/mol. The summed E-state index contributed by atoms with van der Waals surface area (Å²) in [4.78, 5) is 14.3. The molecule has 0 aromatic carbocycles. The van der Waals surface area contributed by atoms with Gasteiger partial charge in [0.2, 0.25) is 5.91 Å². The molecule has 0 unspecified atom stereocenters. The van der Waals surface area contributed by atoms with Gasteiger partial charge in [-0.25, -0.2) is 0 Å². The Labute approximate surface area is 107 Å². The van der Waals surface area contributed by atoms with Gasteiger partial charge in [-0.1, -0.05) is 0 Å². The molecule has 17 heavy (non-hydrogen) atoms. The molecule has 0 atom stereocenters. The minimum Gasteiger partial charge on any atom is -0.366 e. The standard InChI is InChI=1S/C12H21N3OS/c1-12(2,15(3)4)8-14-6-10-5-9(7-17-10)11(13)16/h5,7,14H,6,8H2,1-4H3,(H2,13,16). The monoisotopic (exact) mass is 255 g/mol. The molecule has 3 N–H and O–H groups in total. The molecule has 0 aliphatic rings. The molecule has 0 radical (unpaired) electrons. The Bertz CT molecular complexity index is 385. The summed E-state index contributed by atoms with van der Waals surface area (Å²) in [6.45, 7) is 6.03. The maximum atomic E-state index is 10.9. The van der Waals surface area contributed by atoms with E-state index in [2.05, 4.69) is 38.2 Å². The summed E-state index contributed by atoms with van der Waals surface area (Å²) in [6.07, 6.45) is 0. The Balaban J connectivity index is 2.43. The summed E-state index contributed by atoms with van der Waals surface area (Å²) in [5.41, 5.74) is 5.92. The number of rotatable bonds is 6. The van der Waals surface area contributed by atoms with Gasteiger partial charge in [0.05, 0.1) is 5.56 Å². The first-order valence-electron chi connectivity index (χ1n) is 5.58. The van der Waals surface area contributed by atoms with Crippen LogP contribution in [0.25, 0.3) is 0 Å². The quantitative estimate of drug-likeness (QED) is 0.805. The van der Waals surface area contributed by atoms with E-state index in [1.165, 1.54) is 0 Å². The smallest absolute Gasteiger partial charge is 0.249 e. The highest BCUT2D eigenvalue weighted by Crippen LogP contribution is 2.14. The molecule has 1 aromatic heterocycles. The van der Waals surface area contributed by atoms with Crippen molar-refractivity contribution in [1.82, 2.24) is 10.2 Å². The molecular weight excluding hydrogens is 234 g/mol. The Morgan fingerprint density at radius 2 is 2.18 bits per heavy atom. The summed E-state index contributed by atoms with van der Waals surface area (Å²) in [7, 11) is 4.13. The predicted octanol–water partition coefficient (Wildman–Crippen LogP) is 1.28. The molecule has 0 saturated heterocycles. The van der Waals surface area contributed by atoms with Crippen molar-refractivity contribution < 1.29 is 4.79 Å². The van der Waals surface area contributed by atoms with Crippen molar-refractivity contribution in [1.29, 1.82) is 0 Å². The van der Waals surface area contributed by atoms with Crippen LogP contribution in [0.3, 0.4) is 0 Å². The summed E-state index contributed by atoms with van der Waals surface area (Å²) >= 11 is 1.56. The summed E-state index contributed by atoms with van der Waals surface area (Å²) < 4.78 is 0. The van der Waals surface area contributed by atoms with Gasteiger partial charge in [0, 0.05) is 28.9 Å². The number of nitrogens with two attached hydrogens (primary N) is 1. The Morgan fingerprint density at radius 3 is 2.65 bits per heavy atom. The Hall–Kier alpha value is -0.910. The third-order valence-electron chi connectivity index (χ3n) is 3.01. The minimum atomic E-state index is -0.360. The fourth-order valence-electron chi connectivity index (χ4n) is 1.25. The number of thiophene rings is 1. The largest absolute Gasteiger partial charge is 0.366 e. The molecular formula is C12H21N3OS. The first-order chi connectivity index (χ1) is 7.83. The molecule has 0 saturated carbocycles. The zero-order chi connectivity index (χ0) is 13.1. The van der Waals surface area contributed by atoms with Crippen LogP contribution in [0.2, 0.25) is 0 Å². The first kappa shape index (κ1) is 14.2. The lowest BCUT2D eigenvalue weighted by molar-refractivity contribution is 0.100. The molecule has 96 valence electrons. The van der Waals surface area contributed by atoms with Crippen LogP contribution in [0.5, 0.6) is 0 Å². The van der Waals surface area contributed by atoms with E-state index in [0.717, 1.165) is 18.0 Å². The number of nitrogens with zero attached hydrogens (tertiary/aromatic N) is 1. The molecule has 0 bridgehead atoms. The topological polar surface area (TPSA) is 58.4 Å². The number of carbonyl (C=O) groups excluding carboxylic acids is 1. The molecule has 0 aliphatic heterocycles. The van der Waals surface area contributed by atoms with E-state index >= 15 is 0 Å². The molecule has 0 fully saturated rings. The zero-order valence-electron chi connectivity index (χ0n) is 10.9. The molecule has 1 amide bonds. The van der Waals surface area contributed by atoms with Crippen molar-refractivity contribution in [2.24, 2.45) is 5.73 Å². The molecule has 1 heterocycles. The van der Waals surface area contributed by atoms with Gasteiger partial charge in [-0.05, 0) is 34.0 Å². The maximum absolute atomic E-state index is 10.9. The molecule has 0 aliphatic carbocycles. The van der Waals surface area contributed by atoms with E-state index in [1.807, 2.05) is 6.07 Å². The highest BCUT2D eigenvalue weighted by atomic mass is 32.1. The van der Waals surface area contributed by atoms with E-state index < -0.39 is 0 Å². The van der Waals surface area contributed by atoms with E-state index in [0.29, 0.717) is 5.56 Å². The molecule has 0 spiro atoms. The third kappa shape index (κ3) is 4.11. The van der Waals surface area contributed by atoms with Crippen LogP contribution in [-0.4, -0.2) is 37.0 Å². The average Bonchev–Trinajstić information content (AvgIpc) is 2.66. The number of primary amides is 1. The number of nitrogens with one attached hydrogen (secondary N) is 1. The second-order valence-corrected chi connectivity index (χ2v) is 5.97. The maximum Gasteiger partial charge on any atom is 0.249 e. The van der Waals surface area contributed by atoms with Gasteiger partial charge >= 0.3 is 0 Å². The van der Waals surface area contributed by atoms with Gasteiger partial charge in [-0.15, -0.1) is 11.3 Å². The minimum absolute atomic E-state index is 0.115. The number of carbonyl (C=O) groups is 1. The lowest BCUT2D eigenvalue weighted by Crippen LogP contribution is -2.46.